The first-order valence-corrected chi connectivity index (χ1v) is 11.2. The van der Waals surface area contributed by atoms with E-state index in [1.54, 1.807) is 29.2 Å². The first kappa shape index (κ1) is 20.1. The Kier molecular flexibility index (Phi) is 6.46. The first-order chi connectivity index (χ1) is 13.4. The normalized spacial score (nSPS) is 14.3. The third-order valence-corrected chi connectivity index (χ3v) is 6.24. The van der Waals surface area contributed by atoms with Gasteiger partial charge < -0.3 is 10.2 Å². The van der Waals surface area contributed by atoms with Crippen LogP contribution in [0.25, 0.3) is 0 Å². The average molecular weight is 401 g/mol. The van der Waals surface area contributed by atoms with Crippen LogP contribution in [0.2, 0.25) is 0 Å². The Labute approximate surface area is 165 Å². The molecule has 6 nitrogen and oxygen atoms in total. The van der Waals surface area contributed by atoms with Crippen molar-refractivity contribution in [2.24, 2.45) is 0 Å². The fraction of sp³-hybridized carbons (Fsp3) is 0.333. The van der Waals surface area contributed by atoms with Crippen molar-refractivity contribution < 1.29 is 18.0 Å². The minimum atomic E-state index is -3.48. The fourth-order valence-corrected chi connectivity index (χ4v) is 4.48. The molecule has 0 bridgehead atoms. The number of nitrogens with one attached hydrogen (secondary N) is 1. The number of carbonyl (C=O) groups is 2. The van der Waals surface area contributed by atoms with Crippen molar-refractivity contribution >= 4 is 33.0 Å². The maximum atomic E-state index is 12.2. The Morgan fingerprint density at radius 2 is 1.86 bits per heavy atom. The topological polar surface area (TPSA) is 83.6 Å². The lowest BCUT2D eigenvalue weighted by molar-refractivity contribution is -0.117. The van der Waals surface area contributed by atoms with Crippen LogP contribution in [0.1, 0.15) is 24.8 Å². The van der Waals surface area contributed by atoms with Crippen molar-refractivity contribution in [2.75, 3.05) is 28.3 Å². The van der Waals surface area contributed by atoms with Crippen LogP contribution in [0, 0.1) is 0 Å². The van der Waals surface area contributed by atoms with E-state index in [0.29, 0.717) is 37.2 Å². The summed E-state index contributed by atoms with van der Waals surface area (Å²) < 4.78 is 24.5. The molecule has 1 N–H and O–H groups in total. The minimum absolute atomic E-state index is 0.0301. The number of aryl methyl sites for hydroxylation is 1. The third kappa shape index (κ3) is 5.66. The number of rotatable bonds is 8. The SMILES string of the molecule is O=C(CS(=O)(=O)CCCc1ccccc1)Nc1cccc(N2CCCC2=O)c1. The van der Waals surface area contributed by atoms with Crippen molar-refractivity contribution in [3.63, 3.8) is 0 Å². The molecule has 7 heteroatoms. The molecule has 3 rings (SSSR count). The van der Waals surface area contributed by atoms with Gasteiger partial charge in [0.05, 0.1) is 5.75 Å². The standard InChI is InChI=1S/C21H24N2O4S/c24-20(16-28(26,27)14-6-9-17-7-2-1-3-8-17)22-18-10-4-11-19(15-18)23-13-5-12-21(23)25/h1-4,7-8,10-11,15H,5-6,9,12-14,16H2,(H,22,24). The van der Waals surface area contributed by atoms with Gasteiger partial charge in [-0.2, -0.15) is 0 Å². The number of anilines is 2. The van der Waals surface area contributed by atoms with Gasteiger partial charge in [-0.1, -0.05) is 36.4 Å². The number of nitrogens with zero attached hydrogens (tertiary/aromatic N) is 1. The van der Waals surface area contributed by atoms with Crippen LogP contribution >= 0.6 is 0 Å². The van der Waals surface area contributed by atoms with Crippen LogP contribution in [0.15, 0.2) is 54.6 Å². The molecule has 0 aliphatic carbocycles. The summed E-state index contributed by atoms with van der Waals surface area (Å²) in [5, 5.41) is 2.63. The highest BCUT2D eigenvalue weighted by molar-refractivity contribution is 7.92. The Morgan fingerprint density at radius 1 is 1.07 bits per heavy atom. The van der Waals surface area contributed by atoms with E-state index in [9.17, 15) is 18.0 Å². The van der Waals surface area contributed by atoms with Crippen molar-refractivity contribution in [3.8, 4) is 0 Å². The summed E-state index contributed by atoms with van der Waals surface area (Å²) in [5.41, 5.74) is 2.28. The van der Waals surface area contributed by atoms with Gasteiger partial charge in [0, 0.05) is 24.3 Å². The van der Waals surface area contributed by atoms with Gasteiger partial charge in [0.15, 0.2) is 9.84 Å². The van der Waals surface area contributed by atoms with Crippen molar-refractivity contribution in [1.29, 1.82) is 0 Å². The highest BCUT2D eigenvalue weighted by Gasteiger charge is 2.22. The summed E-state index contributed by atoms with van der Waals surface area (Å²) in [6.45, 7) is 0.659. The summed E-state index contributed by atoms with van der Waals surface area (Å²) >= 11 is 0. The summed E-state index contributed by atoms with van der Waals surface area (Å²) in [5.74, 6) is -1.08. The van der Waals surface area contributed by atoms with Crippen LogP contribution in [-0.2, 0) is 25.8 Å². The Morgan fingerprint density at radius 3 is 2.57 bits per heavy atom. The van der Waals surface area contributed by atoms with E-state index >= 15 is 0 Å². The summed E-state index contributed by atoms with van der Waals surface area (Å²) in [4.78, 5) is 25.7. The number of sulfone groups is 1. The molecule has 148 valence electrons. The molecular weight excluding hydrogens is 376 g/mol. The molecule has 1 fully saturated rings. The first-order valence-electron chi connectivity index (χ1n) is 9.38. The van der Waals surface area contributed by atoms with Crippen molar-refractivity contribution in [3.05, 3.63) is 60.2 Å². The number of benzene rings is 2. The molecule has 0 atom stereocenters. The number of carbonyl (C=O) groups excluding carboxylic acids is 2. The van der Waals surface area contributed by atoms with E-state index in [0.717, 1.165) is 12.0 Å². The van der Waals surface area contributed by atoms with Crippen LogP contribution in [0.4, 0.5) is 11.4 Å². The molecule has 0 spiro atoms. The molecule has 1 saturated heterocycles. The van der Waals surface area contributed by atoms with Gasteiger partial charge in [0.25, 0.3) is 0 Å². The van der Waals surface area contributed by atoms with Crippen LogP contribution in [0.3, 0.4) is 0 Å². The van der Waals surface area contributed by atoms with Crippen LogP contribution in [-0.4, -0.2) is 38.3 Å². The van der Waals surface area contributed by atoms with E-state index in [1.165, 1.54) is 0 Å². The monoisotopic (exact) mass is 400 g/mol. The average Bonchev–Trinajstić information content (AvgIpc) is 3.08. The number of hydrogen-bond donors (Lipinski definition) is 1. The molecule has 2 aromatic rings. The van der Waals surface area contributed by atoms with Gasteiger partial charge in [-0.25, -0.2) is 8.42 Å². The largest absolute Gasteiger partial charge is 0.325 e. The van der Waals surface area contributed by atoms with Gasteiger partial charge in [0.2, 0.25) is 11.8 Å². The zero-order valence-corrected chi connectivity index (χ0v) is 16.5. The van der Waals surface area contributed by atoms with E-state index in [1.807, 2.05) is 30.3 Å². The number of hydrogen-bond acceptors (Lipinski definition) is 4. The molecule has 2 aromatic carbocycles. The molecule has 0 radical (unpaired) electrons. The Bertz CT molecular complexity index is 942. The zero-order chi connectivity index (χ0) is 20.0. The van der Waals surface area contributed by atoms with Gasteiger partial charge >= 0.3 is 0 Å². The summed E-state index contributed by atoms with van der Waals surface area (Å²) in [6, 6.07) is 16.6. The number of amides is 2. The molecule has 0 unspecified atom stereocenters. The Balaban J connectivity index is 1.52. The Hall–Kier alpha value is -2.67. The van der Waals surface area contributed by atoms with Crippen LogP contribution in [0.5, 0.6) is 0 Å². The summed E-state index contributed by atoms with van der Waals surface area (Å²) in [6.07, 6.45) is 2.48. The maximum absolute atomic E-state index is 12.2. The van der Waals surface area contributed by atoms with Crippen LogP contribution < -0.4 is 10.2 Å². The molecule has 2 amide bonds. The maximum Gasteiger partial charge on any atom is 0.239 e. The molecule has 1 aliphatic rings. The summed E-state index contributed by atoms with van der Waals surface area (Å²) in [7, 11) is -3.48. The zero-order valence-electron chi connectivity index (χ0n) is 15.6. The van der Waals surface area contributed by atoms with E-state index in [4.69, 9.17) is 0 Å². The van der Waals surface area contributed by atoms with Gasteiger partial charge in [-0.15, -0.1) is 0 Å². The van der Waals surface area contributed by atoms with E-state index in [2.05, 4.69) is 5.32 Å². The predicted octanol–water partition coefficient (Wildman–Crippen LogP) is 2.80. The van der Waals surface area contributed by atoms with Crippen molar-refractivity contribution in [2.45, 2.75) is 25.7 Å². The molecule has 1 heterocycles. The minimum Gasteiger partial charge on any atom is -0.325 e. The molecular formula is C21H24N2O4S. The van der Waals surface area contributed by atoms with Gasteiger partial charge in [0.1, 0.15) is 5.75 Å². The quantitative estimate of drug-likeness (QED) is 0.739. The van der Waals surface area contributed by atoms with Gasteiger partial charge in [-0.3, -0.25) is 9.59 Å². The van der Waals surface area contributed by atoms with Crippen molar-refractivity contribution in [1.82, 2.24) is 0 Å². The third-order valence-electron chi connectivity index (χ3n) is 4.63. The lowest BCUT2D eigenvalue weighted by Gasteiger charge is -2.16. The second-order valence-corrected chi connectivity index (χ2v) is 9.11. The predicted molar refractivity (Wildman–Crippen MR) is 110 cm³/mol. The van der Waals surface area contributed by atoms with Gasteiger partial charge in [-0.05, 0) is 43.0 Å². The highest BCUT2D eigenvalue weighted by atomic mass is 32.2. The molecule has 28 heavy (non-hydrogen) atoms. The molecule has 0 aromatic heterocycles. The smallest absolute Gasteiger partial charge is 0.239 e. The fourth-order valence-electron chi connectivity index (χ4n) is 3.28. The molecule has 0 saturated carbocycles. The second-order valence-electron chi connectivity index (χ2n) is 6.93. The lowest BCUT2D eigenvalue weighted by Crippen LogP contribution is -2.26. The second kappa shape index (κ2) is 9.01. The highest BCUT2D eigenvalue weighted by Crippen LogP contribution is 2.24. The molecule has 1 aliphatic heterocycles. The van der Waals surface area contributed by atoms with E-state index < -0.39 is 21.5 Å². The lowest BCUT2D eigenvalue weighted by atomic mass is 10.1. The van der Waals surface area contributed by atoms with E-state index in [-0.39, 0.29) is 11.7 Å².